The van der Waals surface area contributed by atoms with Crippen LogP contribution in [0.2, 0.25) is 0 Å². The average Bonchev–Trinajstić information content (AvgIpc) is 2.76. The molecule has 1 aliphatic rings. The second-order valence-corrected chi connectivity index (χ2v) is 5.60. The van der Waals surface area contributed by atoms with Crippen LogP contribution in [0, 0.1) is 0 Å². The van der Waals surface area contributed by atoms with E-state index in [1.54, 1.807) is 0 Å². The summed E-state index contributed by atoms with van der Waals surface area (Å²) >= 11 is 0. The Labute approximate surface area is 114 Å². The minimum Gasteiger partial charge on any atom is -0.278 e. The number of rotatable bonds is 2. The van der Waals surface area contributed by atoms with E-state index in [4.69, 9.17) is 4.99 Å². The van der Waals surface area contributed by atoms with E-state index >= 15 is 0 Å². The Bertz CT molecular complexity index is 573. The maximum absolute atomic E-state index is 4.76. The lowest BCUT2D eigenvalue weighted by molar-refractivity contribution is -0.822. The van der Waals surface area contributed by atoms with Gasteiger partial charge >= 0.3 is 0 Å². The van der Waals surface area contributed by atoms with Gasteiger partial charge in [-0.2, -0.15) is 0 Å². The quantitative estimate of drug-likeness (QED) is 0.723. The van der Waals surface area contributed by atoms with Gasteiger partial charge in [-0.15, -0.1) is 0 Å². The summed E-state index contributed by atoms with van der Waals surface area (Å²) < 4.78 is 0.795. The normalized spacial score (nSPS) is 24.5. The van der Waals surface area contributed by atoms with Crippen molar-refractivity contribution in [3.8, 4) is 0 Å². The zero-order valence-corrected chi connectivity index (χ0v) is 11.4. The third kappa shape index (κ3) is 2.20. The summed E-state index contributed by atoms with van der Waals surface area (Å²) in [6, 6.07) is 21.8. The molecule has 0 radical (unpaired) electrons. The van der Waals surface area contributed by atoms with Crippen LogP contribution in [0.1, 0.15) is 23.2 Å². The van der Waals surface area contributed by atoms with Crippen LogP contribution in [-0.2, 0) is 0 Å². The van der Waals surface area contributed by atoms with Crippen molar-refractivity contribution in [1.82, 2.24) is 0 Å². The van der Waals surface area contributed by atoms with Crippen LogP contribution in [-0.4, -0.2) is 24.9 Å². The highest BCUT2D eigenvalue weighted by atomic mass is 15.4. The first-order valence-electron chi connectivity index (χ1n) is 6.66. The molecule has 2 nitrogen and oxygen atoms in total. The molecule has 1 heterocycles. The maximum Gasteiger partial charge on any atom is 0.186 e. The van der Waals surface area contributed by atoms with Gasteiger partial charge in [0.05, 0.1) is 14.1 Å². The largest absolute Gasteiger partial charge is 0.278 e. The van der Waals surface area contributed by atoms with Crippen LogP contribution in [0.3, 0.4) is 0 Å². The summed E-state index contributed by atoms with van der Waals surface area (Å²) in [5.74, 6) is 0. The highest BCUT2D eigenvalue weighted by Gasteiger charge is 2.41. The van der Waals surface area contributed by atoms with Gasteiger partial charge in [-0.3, -0.25) is 4.48 Å². The lowest BCUT2D eigenvalue weighted by Crippen LogP contribution is -2.39. The van der Waals surface area contributed by atoms with Crippen molar-refractivity contribution in [2.45, 2.75) is 12.1 Å². The zero-order valence-electron chi connectivity index (χ0n) is 11.4. The minimum absolute atomic E-state index is 0.207. The Kier molecular flexibility index (Phi) is 2.96. The third-order valence-corrected chi connectivity index (χ3v) is 3.82. The molecule has 2 unspecified atom stereocenters. The summed E-state index contributed by atoms with van der Waals surface area (Å²) in [4.78, 5) is 4.76. The SMILES string of the molecule is C[N+]1(C)C=NC(c2ccccc2)C1c1ccccc1. The Morgan fingerprint density at radius 2 is 1.32 bits per heavy atom. The first kappa shape index (κ1) is 12.1. The molecule has 0 saturated heterocycles. The highest BCUT2D eigenvalue weighted by Crippen LogP contribution is 2.42. The fraction of sp³-hybridized carbons (Fsp3) is 0.235. The molecule has 0 aromatic heterocycles. The van der Waals surface area contributed by atoms with Gasteiger partial charge in [-0.25, -0.2) is 4.99 Å². The van der Waals surface area contributed by atoms with Crippen LogP contribution in [0.25, 0.3) is 0 Å². The standard InChI is InChI=1S/C17H19N2/c1-19(2)13-18-16(14-9-5-3-6-10-14)17(19)15-11-7-4-8-12-15/h3-13,16-17H,1-2H3/q+1. The van der Waals surface area contributed by atoms with Crippen molar-refractivity contribution in [1.29, 1.82) is 0 Å². The number of nitrogens with zero attached hydrogens (tertiary/aromatic N) is 2. The van der Waals surface area contributed by atoms with Crippen molar-refractivity contribution in [3.05, 3.63) is 71.8 Å². The molecule has 0 spiro atoms. The van der Waals surface area contributed by atoms with Gasteiger partial charge in [-0.05, 0) is 5.56 Å². The fourth-order valence-corrected chi connectivity index (χ4v) is 2.90. The number of hydrogen-bond acceptors (Lipinski definition) is 1. The average molecular weight is 251 g/mol. The molecule has 1 aliphatic heterocycles. The fourth-order valence-electron chi connectivity index (χ4n) is 2.90. The number of aliphatic imine (C=N–C) groups is 1. The first-order chi connectivity index (χ1) is 9.18. The maximum atomic E-state index is 4.76. The minimum atomic E-state index is 0.207. The Hall–Kier alpha value is -1.93. The summed E-state index contributed by atoms with van der Waals surface area (Å²) in [7, 11) is 4.42. The smallest absolute Gasteiger partial charge is 0.186 e. The number of likely N-dealkylation sites (N-methyl/N-ethyl adjacent to an activating group) is 1. The third-order valence-electron chi connectivity index (χ3n) is 3.82. The van der Waals surface area contributed by atoms with E-state index in [-0.39, 0.29) is 6.04 Å². The molecule has 2 aromatic carbocycles. The van der Waals surface area contributed by atoms with Crippen molar-refractivity contribution >= 4 is 6.34 Å². The zero-order chi connectivity index (χ0) is 13.3. The van der Waals surface area contributed by atoms with Crippen LogP contribution in [0.15, 0.2) is 65.7 Å². The van der Waals surface area contributed by atoms with Crippen molar-refractivity contribution in [3.63, 3.8) is 0 Å². The molecule has 0 N–H and O–H groups in total. The number of quaternary nitrogens is 1. The topological polar surface area (TPSA) is 12.4 Å². The van der Waals surface area contributed by atoms with Crippen LogP contribution >= 0.6 is 0 Å². The van der Waals surface area contributed by atoms with Crippen LogP contribution < -0.4 is 0 Å². The van der Waals surface area contributed by atoms with Gasteiger partial charge in [0.25, 0.3) is 0 Å². The molecular weight excluding hydrogens is 232 g/mol. The molecule has 0 aliphatic carbocycles. The second-order valence-electron chi connectivity index (χ2n) is 5.60. The summed E-state index contributed by atoms with van der Waals surface area (Å²) in [6.45, 7) is 0. The molecule has 96 valence electrons. The van der Waals surface area contributed by atoms with Crippen LogP contribution in [0.4, 0.5) is 0 Å². The number of benzene rings is 2. The lowest BCUT2D eigenvalue weighted by atomic mass is 9.93. The molecule has 2 atom stereocenters. The molecule has 0 bridgehead atoms. The molecular formula is C17H19N2+. The predicted molar refractivity (Wildman–Crippen MR) is 79.0 cm³/mol. The molecule has 0 saturated carbocycles. The highest BCUT2D eigenvalue weighted by molar-refractivity contribution is 5.52. The van der Waals surface area contributed by atoms with E-state index in [0.717, 1.165) is 4.48 Å². The summed E-state index contributed by atoms with van der Waals surface area (Å²) in [5.41, 5.74) is 2.63. The molecule has 2 heteroatoms. The van der Waals surface area contributed by atoms with E-state index in [1.807, 2.05) is 0 Å². The van der Waals surface area contributed by atoms with E-state index in [9.17, 15) is 0 Å². The van der Waals surface area contributed by atoms with Gasteiger partial charge in [0.2, 0.25) is 0 Å². The van der Waals surface area contributed by atoms with E-state index in [2.05, 4.69) is 81.1 Å². The summed E-state index contributed by atoms with van der Waals surface area (Å²) in [5, 5.41) is 0. The molecule has 3 rings (SSSR count). The Morgan fingerprint density at radius 1 is 0.789 bits per heavy atom. The molecule has 0 fully saturated rings. The van der Waals surface area contributed by atoms with E-state index < -0.39 is 0 Å². The van der Waals surface area contributed by atoms with Crippen molar-refractivity contribution in [2.24, 2.45) is 4.99 Å². The van der Waals surface area contributed by atoms with Gasteiger partial charge < -0.3 is 0 Å². The molecule has 0 amide bonds. The van der Waals surface area contributed by atoms with Gasteiger partial charge in [0, 0.05) is 5.56 Å². The lowest BCUT2D eigenvalue weighted by Gasteiger charge is -2.31. The Morgan fingerprint density at radius 3 is 1.89 bits per heavy atom. The monoisotopic (exact) mass is 251 g/mol. The van der Waals surface area contributed by atoms with E-state index in [0.29, 0.717) is 6.04 Å². The summed E-state index contributed by atoms with van der Waals surface area (Å²) in [6.07, 6.45) is 2.06. The van der Waals surface area contributed by atoms with Gasteiger partial charge in [0.15, 0.2) is 6.34 Å². The Balaban J connectivity index is 2.04. The predicted octanol–water partition coefficient (Wildman–Crippen LogP) is 3.59. The van der Waals surface area contributed by atoms with Gasteiger partial charge in [0.1, 0.15) is 12.1 Å². The van der Waals surface area contributed by atoms with Crippen molar-refractivity contribution in [2.75, 3.05) is 14.1 Å². The second kappa shape index (κ2) is 4.63. The van der Waals surface area contributed by atoms with E-state index in [1.165, 1.54) is 11.1 Å². The molecule has 19 heavy (non-hydrogen) atoms. The molecule has 2 aromatic rings. The first-order valence-corrected chi connectivity index (χ1v) is 6.66. The van der Waals surface area contributed by atoms with Crippen molar-refractivity contribution < 1.29 is 4.48 Å². The van der Waals surface area contributed by atoms with Gasteiger partial charge in [-0.1, -0.05) is 60.7 Å². The van der Waals surface area contributed by atoms with Crippen LogP contribution in [0.5, 0.6) is 0 Å². The number of hydrogen-bond donors (Lipinski definition) is 0.